The van der Waals surface area contributed by atoms with Gasteiger partial charge < -0.3 is 9.15 Å². The highest BCUT2D eigenvalue weighted by Crippen LogP contribution is 2.30. The molecule has 122 valence electrons. The summed E-state index contributed by atoms with van der Waals surface area (Å²) in [7, 11) is 0. The fourth-order valence-electron chi connectivity index (χ4n) is 2.09. The van der Waals surface area contributed by atoms with Gasteiger partial charge in [-0.1, -0.05) is 24.3 Å². The molecular formula is C18H15NO4S. The maximum atomic E-state index is 12.3. The predicted molar refractivity (Wildman–Crippen MR) is 92.5 cm³/mol. The number of benzene rings is 1. The number of carbonyl (C=O) groups excluding carboxylic acids is 2. The quantitative estimate of drug-likeness (QED) is 0.745. The molecule has 2 amide bonds. The van der Waals surface area contributed by atoms with Gasteiger partial charge in [0.05, 0.1) is 17.7 Å². The molecule has 0 saturated carbocycles. The van der Waals surface area contributed by atoms with Crippen LogP contribution in [0.3, 0.4) is 0 Å². The summed E-state index contributed by atoms with van der Waals surface area (Å²) in [5, 5.41) is -0.283. The third-order valence-electron chi connectivity index (χ3n) is 3.25. The number of amides is 2. The second-order valence-electron chi connectivity index (χ2n) is 4.89. The van der Waals surface area contributed by atoms with Crippen molar-refractivity contribution in [3.63, 3.8) is 0 Å². The summed E-state index contributed by atoms with van der Waals surface area (Å²) < 4.78 is 10.7. The Morgan fingerprint density at radius 2 is 1.96 bits per heavy atom. The van der Waals surface area contributed by atoms with Gasteiger partial charge in [0.25, 0.3) is 11.1 Å². The summed E-state index contributed by atoms with van der Waals surface area (Å²) in [5.41, 5.74) is 0. The molecule has 0 unspecified atom stereocenters. The third-order valence-corrected chi connectivity index (χ3v) is 4.18. The monoisotopic (exact) mass is 341 g/mol. The number of ether oxygens (including phenoxy) is 1. The van der Waals surface area contributed by atoms with Crippen LogP contribution in [0.4, 0.5) is 4.79 Å². The van der Waals surface area contributed by atoms with E-state index in [0.717, 1.165) is 11.8 Å². The first-order valence-electron chi connectivity index (χ1n) is 7.37. The molecule has 2 aromatic rings. The van der Waals surface area contributed by atoms with Crippen molar-refractivity contribution >= 4 is 29.0 Å². The number of hydrogen-bond donors (Lipinski definition) is 0. The molecule has 0 N–H and O–H groups in total. The van der Waals surface area contributed by atoms with Crippen LogP contribution in [-0.2, 0) is 4.79 Å². The fourth-order valence-corrected chi connectivity index (χ4v) is 2.91. The van der Waals surface area contributed by atoms with Crippen molar-refractivity contribution in [2.45, 2.75) is 0 Å². The summed E-state index contributed by atoms with van der Waals surface area (Å²) in [6.45, 7) is 0.483. The maximum absolute atomic E-state index is 12.3. The van der Waals surface area contributed by atoms with Gasteiger partial charge in [-0.05, 0) is 48.2 Å². The zero-order chi connectivity index (χ0) is 16.8. The smallest absolute Gasteiger partial charge is 0.293 e. The first-order chi connectivity index (χ1) is 11.7. The van der Waals surface area contributed by atoms with E-state index >= 15 is 0 Å². The molecule has 3 rings (SSSR count). The number of carbonyl (C=O) groups is 2. The van der Waals surface area contributed by atoms with Crippen molar-refractivity contribution in [2.24, 2.45) is 0 Å². The molecule has 1 aromatic heterocycles. The number of imide groups is 1. The fraction of sp³-hybridized carbons (Fsp3) is 0.111. The van der Waals surface area contributed by atoms with Crippen molar-refractivity contribution in [2.75, 3.05) is 13.2 Å². The molecule has 1 aliphatic rings. The number of para-hydroxylation sites is 1. The van der Waals surface area contributed by atoms with Gasteiger partial charge in [-0.2, -0.15) is 0 Å². The standard InChI is InChI=1S/C18H15NO4S/c20-17-16(10-4-8-15-9-5-12-22-15)24-18(21)19(17)11-13-23-14-6-2-1-3-7-14/h1-10,12H,11,13H2/b8-4+,16-10-. The molecule has 1 aliphatic heterocycles. The van der Waals surface area contributed by atoms with Gasteiger partial charge in [0, 0.05) is 0 Å². The van der Waals surface area contributed by atoms with Crippen molar-refractivity contribution < 1.29 is 18.7 Å². The van der Waals surface area contributed by atoms with Crippen LogP contribution in [0.1, 0.15) is 5.76 Å². The number of thioether (sulfide) groups is 1. The first-order valence-corrected chi connectivity index (χ1v) is 8.19. The van der Waals surface area contributed by atoms with E-state index in [2.05, 4.69) is 0 Å². The van der Waals surface area contributed by atoms with E-state index in [9.17, 15) is 9.59 Å². The lowest BCUT2D eigenvalue weighted by atomic mass is 10.3. The van der Waals surface area contributed by atoms with Crippen molar-refractivity contribution in [3.05, 3.63) is 71.5 Å². The third kappa shape index (κ3) is 3.97. The minimum absolute atomic E-state index is 0.221. The second kappa shape index (κ2) is 7.70. The largest absolute Gasteiger partial charge is 0.492 e. The van der Waals surface area contributed by atoms with Crippen molar-refractivity contribution in [1.29, 1.82) is 0 Å². The Balaban J connectivity index is 1.55. The lowest BCUT2D eigenvalue weighted by Gasteiger charge is -2.13. The number of rotatable bonds is 6. The molecule has 24 heavy (non-hydrogen) atoms. The van der Waals surface area contributed by atoms with Crippen molar-refractivity contribution in [3.8, 4) is 5.75 Å². The van der Waals surface area contributed by atoms with Gasteiger partial charge in [-0.3, -0.25) is 14.5 Å². The summed E-state index contributed by atoms with van der Waals surface area (Å²) >= 11 is 0.926. The average Bonchev–Trinajstić information content (AvgIpc) is 3.19. The van der Waals surface area contributed by atoms with Crippen LogP contribution in [0.5, 0.6) is 5.75 Å². The predicted octanol–water partition coefficient (Wildman–Crippen LogP) is 3.95. The summed E-state index contributed by atoms with van der Waals surface area (Å²) in [5.74, 6) is 1.09. The van der Waals surface area contributed by atoms with Crippen LogP contribution in [0, 0.1) is 0 Å². The van der Waals surface area contributed by atoms with Gasteiger partial charge in [-0.25, -0.2) is 0 Å². The van der Waals surface area contributed by atoms with Gasteiger partial charge in [-0.15, -0.1) is 0 Å². The zero-order valence-corrected chi connectivity index (χ0v) is 13.6. The highest BCUT2D eigenvalue weighted by molar-refractivity contribution is 8.18. The van der Waals surface area contributed by atoms with E-state index in [1.54, 1.807) is 36.6 Å². The first kappa shape index (κ1) is 16.1. The van der Waals surface area contributed by atoms with E-state index in [1.807, 2.05) is 30.3 Å². The Kier molecular flexibility index (Phi) is 5.18. The number of nitrogens with zero attached hydrogens (tertiary/aromatic N) is 1. The van der Waals surface area contributed by atoms with Gasteiger partial charge in [0.1, 0.15) is 18.1 Å². The summed E-state index contributed by atoms with van der Waals surface area (Å²) in [4.78, 5) is 25.8. The molecule has 0 atom stereocenters. The molecule has 2 heterocycles. The minimum Gasteiger partial charge on any atom is -0.492 e. The molecule has 1 aromatic carbocycles. The Hall–Kier alpha value is -2.73. The summed E-state index contributed by atoms with van der Waals surface area (Å²) in [6, 6.07) is 12.9. The number of hydrogen-bond acceptors (Lipinski definition) is 5. The lowest BCUT2D eigenvalue weighted by Crippen LogP contribution is -2.32. The second-order valence-corrected chi connectivity index (χ2v) is 5.88. The number of allylic oxidation sites excluding steroid dienone is 2. The van der Waals surface area contributed by atoms with Crippen LogP contribution in [0.2, 0.25) is 0 Å². The van der Waals surface area contributed by atoms with Crippen LogP contribution in [0.15, 0.2) is 70.2 Å². The molecule has 1 fully saturated rings. The van der Waals surface area contributed by atoms with Crippen LogP contribution in [0.25, 0.3) is 6.08 Å². The van der Waals surface area contributed by atoms with Crippen LogP contribution < -0.4 is 4.74 Å². The molecule has 6 heteroatoms. The van der Waals surface area contributed by atoms with E-state index < -0.39 is 0 Å². The number of furan rings is 1. The Morgan fingerprint density at radius 3 is 2.71 bits per heavy atom. The van der Waals surface area contributed by atoms with Gasteiger partial charge in [0.15, 0.2) is 0 Å². The highest BCUT2D eigenvalue weighted by atomic mass is 32.2. The molecule has 1 saturated heterocycles. The molecule has 0 spiro atoms. The topological polar surface area (TPSA) is 59.8 Å². The normalized spacial score (nSPS) is 16.5. The molecular weight excluding hydrogens is 326 g/mol. The minimum atomic E-state index is -0.300. The Labute approximate surface area is 143 Å². The highest BCUT2D eigenvalue weighted by Gasteiger charge is 2.34. The summed E-state index contributed by atoms with van der Waals surface area (Å²) in [6.07, 6.45) is 6.61. The Morgan fingerprint density at radius 1 is 1.12 bits per heavy atom. The van der Waals surface area contributed by atoms with Crippen LogP contribution in [-0.4, -0.2) is 29.2 Å². The van der Waals surface area contributed by atoms with E-state index in [4.69, 9.17) is 9.15 Å². The molecule has 0 radical (unpaired) electrons. The van der Waals surface area contributed by atoms with E-state index in [0.29, 0.717) is 16.4 Å². The molecule has 0 aliphatic carbocycles. The van der Waals surface area contributed by atoms with Gasteiger partial charge >= 0.3 is 0 Å². The lowest BCUT2D eigenvalue weighted by molar-refractivity contribution is -0.123. The maximum Gasteiger partial charge on any atom is 0.293 e. The van der Waals surface area contributed by atoms with E-state index in [-0.39, 0.29) is 24.3 Å². The molecule has 5 nitrogen and oxygen atoms in total. The van der Waals surface area contributed by atoms with E-state index in [1.165, 1.54) is 4.90 Å². The average molecular weight is 341 g/mol. The zero-order valence-electron chi connectivity index (χ0n) is 12.8. The van der Waals surface area contributed by atoms with Crippen LogP contribution >= 0.6 is 11.8 Å². The molecule has 0 bridgehead atoms. The van der Waals surface area contributed by atoms with Crippen molar-refractivity contribution in [1.82, 2.24) is 4.90 Å². The Bertz CT molecular complexity index is 766. The SMILES string of the molecule is O=C1S/C(=C\C=C\c2ccco2)C(=O)N1CCOc1ccccc1. The van der Waals surface area contributed by atoms with Gasteiger partial charge in [0.2, 0.25) is 0 Å².